The lowest BCUT2D eigenvalue weighted by Gasteiger charge is -2.33. The smallest absolute Gasteiger partial charge is 0.123 e. The summed E-state index contributed by atoms with van der Waals surface area (Å²) >= 11 is 0. The molecule has 1 atom stereocenters. The molecule has 0 fully saturated rings. The summed E-state index contributed by atoms with van der Waals surface area (Å²) in [7, 11) is 0. The standard InChI is InChI=1S/C13H14FN3/c14-11-5-3-10(4-6-11)13(15)7-1-2-9-8-16-17-12(9)13/h3-6,8H,1-2,7,15H2,(H,16,17). The van der Waals surface area contributed by atoms with Crippen LogP contribution in [0.4, 0.5) is 4.39 Å². The van der Waals surface area contributed by atoms with Crippen molar-refractivity contribution in [1.29, 1.82) is 0 Å². The average Bonchev–Trinajstić information content (AvgIpc) is 2.80. The molecule has 1 aliphatic carbocycles. The molecule has 1 aromatic carbocycles. The van der Waals surface area contributed by atoms with E-state index in [9.17, 15) is 4.39 Å². The van der Waals surface area contributed by atoms with Gasteiger partial charge >= 0.3 is 0 Å². The number of hydrogen-bond donors (Lipinski definition) is 2. The van der Waals surface area contributed by atoms with Crippen molar-refractivity contribution in [3.8, 4) is 0 Å². The van der Waals surface area contributed by atoms with Crippen molar-refractivity contribution in [2.45, 2.75) is 24.8 Å². The highest BCUT2D eigenvalue weighted by atomic mass is 19.1. The first-order valence-electron chi connectivity index (χ1n) is 5.78. The Labute approximate surface area is 98.8 Å². The summed E-state index contributed by atoms with van der Waals surface area (Å²) in [6.07, 6.45) is 4.72. The quantitative estimate of drug-likeness (QED) is 0.789. The van der Waals surface area contributed by atoms with Crippen LogP contribution in [-0.4, -0.2) is 10.2 Å². The van der Waals surface area contributed by atoms with E-state index in [2.05, 4.69) is 10.2 Å². The predicted octanol–water partition coefficient (Wildman–Crippen LogP) is 2.09. The van der Waals surface area contributed by atoms with Gasteiger partial charge in [0, 0.05) is 0 Å². The molecule has 1 aliphatic rings. The molecule has 0 aliphatic heterocycles. The van der Waals surface area contributed by atoms with Crippen LogP contribution in [0.2, 0.25) is 0 Å². The summed E-state index contributed by atoms with van der Waals surface area (Å²) in [4.78, 5) is 0. The molecule has 3 nitrogen and oxygen atoms in total. The van der Waals surface area contributed by atoms with Gasteiger partial charge in [0.05, 0.1) is 17.4 Å². The number of nitrogens with one attached hydrogen (secondary N) is 1. The lowest BCUT2D eigenvalue weighted by molar-refractivity contribution is 0.430. The fourth-order valence-electron chi connectivity index (χ4n) is 2.61. The zero-order valence-electron chi connectivity index (χ0n) is 9.41. The van der Waals surface area contributed by atoms with E-state index in [1.54, 1.807) is 12.1 Å². The van der Waals surface area contributed by atoms with E-state index in [0.29, 0.717) is 0 Å². The van der Waals surface area contributed by atoms with Crippen LogP contribution < -0.4 is 5.73 Å². The van der Waals surface area contributed by atoms with E-state index in [-0.39, 0.29) is 5.82 Å². The van der Waals surface area contributed by atoms with Crippen LogP contribution in [0, 0.1) is 5.82 Å². The van der Waals surface area contributed by atoms with Crippen molar-refractivity contribution < 1.29 is 4.39 Å². The van der Waals surface area contributed by atoms with Crippen LogP contribution in [0.5, 0.6) is 0 Å². The maximum atomic E-state index is 13.0. The topological polar surface area (TPSA) is 54.7 Å². The molecule has 1 heterocycles. The number of halogens is 1. The van der Waals surface area contributed by atoms with Crippen LogP contribution >= 0.6 is 0 Å². The van der Waals surface area contributed by atoms with Gasteiger partial charge in [0.2, 0.25) is 0 Å². The van der Waals surface area contributed by atoms with E-state index >= 15 is 0 Å². The van der Waals surface area contributed by atoms with E-state index in [4.69, 9.17) is 5.73 Å². The van der Waals surface area contributed by atoms with Crippen molar-refractivity contribution in [3.63, 3.8) is 0 Å². The molecule has 1 aromatic heterocycles. The van der Waals surface area contributed by atoms with Crippen molar-refractivity contribution >= 4 is 0 Å². The molecule has 0 radical (unpaired) electrons. The number of aromatic nitrogens is 2. The third-order valence-corrected chi connectivity index (χ3v) is 3.54. The molecule has 2 aromatic rings. The number of rotatable bonds is 1. The molecule has 17 heavy (non-hydrogen) atoms. The van der Waals surface area contributed by atoms with Crippen molar-refractivity contribution in [1.82, 2.24) is 10.2 Å². The van der Waals surface area contributed by atoms with Crippen LogP contribution in [0.3, 0.4) is 0 Å². The second-order valence-corrected chi connectivity index (χ2v) is 4.60. The Bertz CT molecular complexity index is 532. The maximum absolute atomic E-state index is 13.0. The minimum Gasteiger partial charge on any atom is -0.316 e. The number of aryl methyl sites for hydroxylation is 1. The van der Waals surface area contributed by atoms with Gasteiger partial charge in [0.15, 0.2) is 0 Å². The number of fused-ring (bicyclic) bond motifs is 1. The van der Waals surface area contributed by atoms with E-state index in [0.717, 1.165) is 30.5 Å². The lowest BCUT2D eigenvalue weighted by atomic mass is 9.77. The van der Waals surface area contributed by atoms with Crippen molar-refractivity contribution in [2.24, 2.45) is 5.73 Å². The molecular formula is C13H14FN3. The molecule has 0 amide bonds. The fraction of sp³-hybridized carbons (Fsp3) is 0.308. The van der Waals surface area contributed by atoms with Crippen LogP contribution in [0.25, 0.3) is 0 Å². The van der Waals surface area contributed by atoms with Crippen molar-refractivity contribution in [2.75, 3.05) is 0 Å². The predicted molar refractivity (Wildman–Crippen MR) is 62.9 cm³/mol. The zero-order chi connectivity index (χ0) is 11.9. The Kier molecular flexibility index (Phi) is 2.26. The van der Waals surface area contributed by atoms with Gasteiger partial charge in [-0.1, -0.05) is 12.1 Å². The van der Waals surface area contributed by atoms with Gasteiger partial charge in [-0.25, -0.2) is 4.39 Å². The Balaban J connectivity index is 2.11. The Morgan fingerprint density at radius 2 is 2.06 bits per heavy atom. The van der Waals surface area contributed by atoms with Gasteiger partial charge < -0.3 is 5.73 Å². The number of H-pyrrole nitrogens is 1. The molecule has 4 heteroatoms. The summed E-state index contributed by atoms with van der Waals surface area (Å²) in [6.45, 7) is 0. The van der Waals surface area contributed by atoms with Gasteiger partial charge in [0.1, 0.15) is 5.82 Å². The monoisotopic (exact) mass is 231 g/mol. The zero-order valence-corrected chi connectivity index (χ0v) is 9.41. The van der Waals surface area contributed by atoms with E-state index in [1.807, 2.05) is 6.20 Å². The molecule has 3 rings (SSSR count). The van der Waals surface area contributed by atoms with E-state index in [1.165, 1.54) is 17.7 Å². The van der Waals surface area contributed by atoms with Gasteiger partial charge in [-0.05, 0) is 42.5 Å². The molecule has 3 N–H and O–H groups in total. The lowest BCUT2D eigenvalue weighted by Crippen LogP contribution is -2.41. The molecule has 0 spiro atoms. The Morgan fingerprint density at radius 3 is 2.82 bits per heavy atom. The average molecular weight is 231 g/mol. The summed E-state index contributed by atoms with van der Waals surface area (Å²) < 4.78 is 13.0. The second kappa shape index (κ2) is 3.67. The Morgan fingerprint density at radius 1 is 1.29 bits per heavy atom. The second-order valence-electron chi connectivity index (χ2n) is 4.60. The molecule has 1 unspecified atom stereocenters. The maximum Gasteiger partial charge on any atom is 0.123 e. The highest BCUT2D eigenvalue weighted by Crippen LogP contribution is 2.36. The van der Waals surface area contributed by atoms with Gasteiger partial charge in [-0.3, -0.25) is 5.10 Å². The third-order valence-electron chi connectivity index (χ3n) is 3.54. The molecule has 88 valence electrons. The number of aromatic amines is 1. The van der Waals surface area contributed by atoms with Gasteiger partial charge in [0.25, 0.3) is 0 Å². The van der Waals surface area contributed by atoms with Gasteiger partial charge in [-0.15, -0.1) is 0 Å². The fourth-order valence-corrected chi connectivity index (χ4v) is 2.61. The molecule has 0 bridgehead atoms. The highest BCUT2D eigenvalue weighted by molar-refractivity contribution is 5.39. The molecule has 0 saturated carbocycles. The first-order valence-corrected chi connectivity index (χ1v) is 5.78. The van der Waals surface area contributed by atoms with Crippen molar-refractivity contribution in [3.05, 3.63) is 53.1 Å². The van der Waals surface area contributed by atoms with E-state index < -0.39 is 5.54 Å². The van der Waals surface area contributed by atoms with Crippen LogP contribution in [0.15, 0.2) is 30.5 Å². The van der Waals surface area contributed by atoms with Crippen LogP contribution in [-0.2, 0) is 12.0 Å². The SMILES string of the molecule is NC1(c2ccc(F)cc2)CCCc2cn[nH]c21. The first-order chi connectivity index (χ1) is 8.20. The summed E-state index contributed by atoms with van der Waals surface area (Å²) in [6, 6.07) is 6.42. The number of nitrogens with two attached hydrogens (primary N) is 1. The summed E-state index contributed by atoms with van der Waals surface area (Å²) in [5, 5.41) is 7.06. The minimum atomic E-state index is -0.558. The van der Waals surface area contributed by atoms with Gasteiger partial charge in [-0.2, -0.15) is 5.10 Å². The highest BCUT2D eigenvalue weighted by Gasteiger charge is 2.35. The first kappa shape index (κ1) is 10.5. The number of nitrogens with zero attached hydrogens (tertiary/aromatic N) is 1. The summed E-state index contributed by atoms with van der Waals surface area (Å²) in [5.74, 6) is -0.238. The third kappa shape index (κ3) is 1.56. The Hall–Kier alpha value is -1.68. The van der Waals surface area contributed by atoms with Crippen LogP contribution in [0.1, 0.15) is 29.7 Å². The minimum absolute atomic E-state index is 0.238. The molecular weight excluding hydrogens is 217 g/mol. The molecule has 0 saturated heterocycles. The largest absolute Gasteiger partial charge is 0.316 e. The normalized spacial score (nSPS) is 23.4. The number of hydrogen-bond acceptors (Lipinski definition) is 2. The number of benzene rings is 1. The summed E-state index contributed by atoms with van der Waals surface area (Å²) in [5.41, 5.74) is 9.01.